The molecule has 3 aliphatic rings. The van der Waals surface area contributed by atoms with Crippen LogP contribution in [0.5, 0.6) is 0 Å². The molecule has 34 heavy (non-hydrogen) atoms. The third kappa shape index (κ3) is 3.78. The van der Waals surface area contributed by atoms with Gasteiger partial charge in [-0.15, -0.1) is 0 Å². The Kier molecular flexibility index (Phi) is 6.44. The Hall–Kier alpha value is -2.54. The maximum atomic E-state index is 13.8. The molecule has 1 saturated carbocycles. The summed E-state index contributed by atoms with van der Waals surface area (Å²) in [4.78, 5) is 26.6. The van der Waals surface area contributed by atoms with Gasteiger partial charge in [0.15, 0.2) is 5.78 Å². The van der Waals surface area contributed by atoms with Gasteiger partial charge in [0, 0.05) is 23.8 Å². The van der Waals surface area contributed by atoms with E-state index in [0.29, 0.717) is 18.4 Å². The average Bonchev–Trinajstić information content (AvgIpc) is 3.09. The lowest BCUT2D eigenvalue weighted by Gasteiger charge is -2.51. The smallest absolute Gasteiger partial charge is 0.230 e. The van der Waals surface area contributed by atoms with Gasteiger partial charge in [-0.3, -0.25) is 9.59 Å². The molecule has 1 saturated heterocycles. The molecule has 0 radical (unpaired) electrons. The van der Waals surface area contributed by atoms with Gasteiger partial charge in [0.2, 0.25) is 5.91 Å². The number of carbonyl (C=O) groups is 2. The van der Waals surface area contributed by atoms with E-state index in [4.69, 9.17) is 0 Å². The monoisotopic (exact) mass is 465 g/mol. The topological polar surface area (TPSA) is 107 Å². The molecule has 1 amide bonds. The van der Waals surface area contributed by atoms with Crippen molar-refractivity contribution in [3.05, 3.63) is 72.4 Å². The molecule has 182 valence electrons. The van der Waals surface area contributed by atoms with E-state index in [0.717, 1.165) is 5.56 Å². The molecule has 1 unspecified atom stereocenters. The minimum atomic E-state index is -1.78. The van der Waals surface area contributed by atoms with E-state index >= 15 is 0 Å². The molecule has 1 aromatic carbocycles. The van der Waals surface area contributed by atoms with Crippen molar-refractivity contribution in [2.75, 3.05) is 0 Å². The molecule has 6 heteroatoms. The summed E-state index contributed by atoms with van der Waals surface area (Å²) >= 11 is 0. The SMILES string of the molecule is C=C1[C@@H](C)[C@H]2[C@H](Cc3ccccc3)NC(=O)C23[C@H](O)/C=C/[C@@](C)(O)C(=O)[C@@H](C)C/C=C/[C@H]3[C@@H]1O. The van der Waals surface area contributed by atoms with Gasteiger partial charge in [-0.1, -0.05) is 69.0 Å². The Balaban J connectivity index is 1.87. The van der Waals surface area contributed by atoms with Crippen LogP contribution < -0.4 is 5.32 Å². The molecule has 2 fully saturated rings. The van der Waals surface area contributed by atoms with Crippen molar-refractivity contribution in [1.82, 2.24) is 5.32 Å². The predicted octanol–water partition coefficient (Wildman–Crippen LogP) is 2.35. The third-order valence-electron chi connectivity index (χ3n) is 8.26. The summed E-state index contributed by atoms with van der Waals surface area (Å²) in [6.07, 6.45) is 4.77. The van der Waals surface area contributed by atoms with Gasteiger partial charge in [0.05, 0.1) is 17.6 Å². The number of aliphatic hydroxyl groups excluding tert-OH is 2. The molecular formula is C28H35NO5. The Bertz CT molecular complexity index is 1030. The van der Waals surface area contributed by atoms with Crippen molar-refractivity contribution in [1.29, 1.82) is 0 Å². The zero-order chi connectivity index (χ0) is 24.8. The van der Waals surface area contributed by atoms with Crippen molar-refractivity contribution in [2.45, 2.75) is 57.5 Å². The van der Waals surface area contributed by atoms with Crippen LogP contribution in [0.4, 0.5) is 0 Å². The van der Waals surface area contributed by atoms with Crippen LogP contribution in [0.3, 0.4) is 0 Å². The van der Waals surface area contributed by atoms with Gasteiger partial charge in [0.1, 0.15) is 5.60 Å². The summed E-state index contributed by atoms with van der Waals surface area (Å²) in [5.41, 5.74) is -1.46. The minimum Gasteiger partial charge on any atom is -0.388 e. The molecule has 0 bridgehead atoms. The van der Waals surface area contributed by atoms with Crippen LogP contribution in [-0.4, -0.2) is 50.9 Å². The van der Waals surface area contributed by atoms with Crippen molar-refractivity contribution >= 4 is 11.7 Å². The Labute approximate surface area is 201 Å². The summed E-state index contributed by atoms with van der Waals surface area (Å²) in [7, 11) is 0. The van der Waals surface area contributed by atoms with E-state index < -0.39 is 35.1 Å². The summed E-state index contributed by atoms with van der Waals surface area (Å²) in [5.74, 6) is -2.50. The Morgan fingerprint density at radius 3 is 2.47 bits per heavy atom. The molecule has 1 aromatic rings. The number of rotatable bonds is 2. The second kappa shape index (κ2) is 8.91. The number of hydrogen-bond donors (Lipinski definition) is 4. The van der Waals surface area contributed by atoms with Gasteiger partial charge in [-0.05, 0) is 42.9 Å². The molecule has 1 aliphatic heterocycles. The highest BCUT2D eigenvalue weighted by Gasteiger charge is 2.67. The minimum absolute atomic E-state index is 0.249. The molecule has 1 spiro atoms. The fourth-order valence-corrected chi connectivity index (χ4v) is 6.39. The number of amides is 1. The quantitative estimate of drug-likeness (QED) is 0.502. The van der Waals surface area contributed by atoms with E-state index in [-0.39, 0.29) is 29.6 Å². The fourth-order valence-electron chi connectivity index (χ4n) is 6.39. The third-order valence-corrected chi connectivity index (χ3v) is 8.26. The second-order valence-electron chi connectivity index (χ2n) is 10.4. The molecule has 0 aromatic heterocycles. The van der Waals surface area contributed by atoms with Gasteiger partial charge in [0.25, 0.3) is 0 Å². The van der Waals surface area contributed by atoms with Crippen LogP contribution in [0.2, 0.25) is 0 Å². The molecule has 4 N–H and O–H groups in total. The van der Waals surface area contributed by atoms with E-state index in [2.05, 4.69) is 11.9 Å². The summed E-state index contributed by atoms with van der Waals surface area (Å²) in [6, 6.07) is 9.57. The van der Waals surface area contributed by atoms with Crippen molar-refractivity contribution in [3.63, 3.8) is 0 Å². The van der Waals surface area contributed by atoms with E-state index in [9.17, 15) is 24.9 Å². The lowest BCUT2D eigenvalue weighted by Crippen LogP contribution is -2.59. The van der Waals surface area contributed by atoms with Crippen LogP contribution in [0, 0.1) is 29.1 Å². The number of ketones is 1. The first-order chi connectivity index (χ1) is 16.0. The normalized spacial score (nSPS) is 44.4. The molecule has 6 nitrogen and oxygen atoms in total. The van der Waals surface area contributed by atoms with Gasteiger partial charge >= 0.3 is 0 Å². The van der Waals surface area contributed by atoms with Gasteiger partial charge < -0.3 is 20.6 Å². The zero-order valence-electron chi connectivity index (χ0n) is 20.0. The zero-order valence-corrected chi connectivity index (χ0v) is 20.0. The summed E-state index contributed by atoms with van der Waals surface area (Å²) < 4.78 is 0. The van der Waals surface area contributed by atoms with E-state index in [1.807, 2.05) is 37.3 Å². The first-order valence-electron chi connectivity index (χ1n) is 12.0. The van der Waals surface area contributed by atoms with Crippen LogP contribution >= 0.6 is 0 Å². The number of aliphatic hydroxyl groups is 3. The Morgan fingerprint density at radius 1 is 1.12 bits per heavy atom. The van der Waals surface area contributed by atoms with Crippen molar-refractivity contribution in [2.24, 2.45) is 29.1 Å². The number of benzene rings is 1. The van der Waals surface area contributed by atoms with Crippen LogP contribution in [-0.2, 0) is 16.0 Å². The van der Waals surface area contributed by atoms with Gasteiger partial charge in [-0.2, -0.15) is 0 Å². The number of hydrogen-bond acceptors (Lipinski definition) is 5. The lowest BCUT2D eigenvalue weighted by atomic mass is 9.51. The average molecular weight is 466 g/mol. The second-order valence-corrected chi connectivity index (χ2v) is 10.4. The summed E-state index contributed by atoms with van der Waals surface area (Å²) in [5, 5.41) is 36.8. The van der Waals surface area contributed by atoms with Crippen molar-refractivity contribution < 1.29 is 24.9 Å². The maximum Gasteiger partial charge on any atom is 0.230 e. The van der Waals surface area contributed by atoms with Crippen molar-refractivity contribution in [3.8, 4) is 0 Å². The molecule has 9 atom stereocenters. The fraction of sp³-hybridized carbons (Fsp3) is 0.500. The molecule has 4 rings (SSSR count). The largest absolute Gasteiger partial charge is 0.388 e. The highest BCUT2D eigenvalue weighted by Crippen LogP contribution is 2.57. The van der Waals surface area contributed by atoms with Gasteiger partial charge in [-0.25, -0.2) is 0 Å². The Morgan fingerprint density at radius 2 is 1.79 bits per heavy atom. The predicted molar refractivity (Wildman–Crippen MR) is 129 cm³/mol. The maximum absolute atomic E-state index is 13.8. The van der Waals surface area contributed by atoms with Crippen LogP contribution in [0.1, 0.15) is 32.8 Å². The molecular weight excluding hydrogens is 430 g/mol. The molecule has 1 heterocycles. The van der Waals surface area contributed by atoms with E-state index in [1.165, 1.54) is 19.1 Å². The highest BCUT2D eigenvalue weighted by atomic mass is 16.3. The lowest BCUT2D eigenvalue weighted by molar-refractivity contribution is -0.147. The first kappa shape index (κ1) is 24.6. The number of allylic oxidation sites excluding steroid dienone is 1. The first-order valence-corrected chi connectivity index (χ1v) is 12.0. The number of carbonyl (C=O) groups excluding carboxylic acids is 2. The summed E-state index contributed by atoms with van der Waals surface area (Å²) in [6.45, 7) is 9.24. The number of nitrogens with one attached hydrogen (secondary N) is 1. The number of Topliss-reactive ketones (excluding diaryl/α,β-unsaturated/α-hetero) is 1. The van der Waals surface area contributed by atoms with Crippen LogP contribution in [0.25, 0.3) is 0 Å². The highest BCUT2D eigenvalue weighted by molar-refractivity contribution is 5.91. The standard InChI is InChI=1S/C28H35NO5/c1-16-9-8-12-20-24(31)18(3)17(2)23-21(15-19-10-6-5-7-11-19)29-26(33)28(20,23)22(30)13-14-27(4,34)25(16)32/h5-8,10-14,16-17,20-24,30-31,34H,3,9,15H2,1-2,4H3,(H,29,33)/b12-8+,14-13+/t16-,17+,20-,21-,22+,23-,24+,27+,28?/m0/s1. The van der Waals surface area contributed by atoms with Crippen LogP contribution in [0.15, 0.2) is 66.8 Å². The molecule has 2 aliphatic carbocycles. The van der Waals surface area contributed by atoms with E-state index in [1.54, 1.807) is 19.1 Å².